The largest absolute Gasteiger partial charge is 0.497 e. The first-order valence-electron chi connectivity index (χ1n) is 10.5. The van der Waals surface area contributed by atoms with Gasteiger partial charge in [0, 0.05) is 17.6 Å². The van der Waals surface area contributed by atoms with Crippen molar-refractivity contribution in [2.24, 2.45) is 0 Å². The minimum Gasteiger partial charge on any atom is -0.497 e. The molecule has 168 valence electrons. The summed E-state index contributed by atoms with van der Waals surface area (Å²) in [5.74, 6) is 0.164. The van der Waals surface area contributed by atoms with Crippen molar-refractivity contribution in [3.8, 4) is 5.75 Å². The van der Waals surface area contributed by atoms with Gasteiger partial charge in [-0.05, 0) is 60.3 Å². The Morgan fingerprint density at radius 2 is 1.79 bits per heavy atom. The predicted molar refractivity (Wildman–Crippen MR) is 127 cm³/mol. The molecule has 6 nitrogen and oxygen atoms in total. The van der Waals surface area contributed by atoms with Crippen molar-refractivity contribution in [2.75, 3.05) is 12.4 Å². The third-order valence-corrected chi connectivity index (χ3v) is 5.37. The lowest BCUT2D eigenvalue weighted by Crippen LogP contribution is -2.36. The van der Waals surface area contributed by atoms with Crippen LogP contribution in [0.5, 0.6) is 5.75 Å². The number of rotatable bonds is 6. The van der Waals surface area contributed by atoms with Gasteiger partial charge in [-0.2, -0.15) is 0 Å². The summed E-state index contributed by atoms with van der Waals surface area (Å²) in [6.07, 6.45) is 0. The van der Waals surface area contributed by atoms with Crippen molar-refractivity contribution < 1.29 is 13.9 Å². The number of hydrogen-bond donors (Lipinski definition) is 2. The Kier molecular flexibility index (Phi) is 6.40. The molecular weight excluding hydrogens is 421 g/mol. The van der Waals surface area contributed by atoms with E-state index in [2.05, 4.69) is 10.3 Å². The van der Waals surface area contributed by atoms with Crippen LogP contribution >= 0.6 is 0 Å². The quantitative estimate of drug-likeness (QED) is 0.427. The third kappa shape index (κ3) is 5.20. The summed E-state index contributed by atoms with van der Waals surface area (Å²) in [6.45, 7) is 2.24. The van der Waals surface area contributed by atoms with Crippen LogP contribution in [-0.4, -0.2) is 23.0 Å². The molecule has 7 heteroatoms. The molecule has 0 saturated carbocycles. The van der Waals surface area contributed by atoms with E-state index in [-0.39, 0.29) is 24.3 Å². The number of carbonyl (C=O) groups excluding carboxylic acids is 1. The molecule has 0 spiro atoms. The number of carbonyl (C=O) groups is 1. The minimum atomic E-state index is -0.533. The summed E-state index contributed by atoms with van der Waals surface area (Å²) in [5.41, 5.74) is 2.87. The van der Waals surface area contributed by atoms with Gasteiger partial charge >= 0.3 is 6.03 Å². The molecule has 0 fully saturated rings. The van der Waals surface area contributed by atoms with Gasteiger partial charge in [0.15, 0.2) is 0 Å². The number of aromatic nitrogens is 1. The van der Waals surface area contributed by atoms with Crippen molar-refractivity contribution in [2.45, 2.75) is 20.0 Å². The summed E-state index contributed by atoms with van der Waals surface area (Å²) in [7, 11) is 1.58. The van der Waals surface area contributed by atoms with Crippen molar-refractivity contribution in [1.29, 1.82) is 0 Å². The Balaban J connectivity index is 1.66. The second-order valence-corrected chi connectivity index (χ2v) is 7.83. The van der Waals surface area contributed by atoms with Crippen LogP contribution in [0, 0.1) is 12.7 Å². The second kappa shape index (κ2) is 9.56. The monoisotopic (exact) mass is 445 g/mol. The number of benzene rings is 3. The molecular formula is C26H24FN3O3. The minimum absolute atomic E-state index is 0.0472. The number of fused-ring (bicyclic) bond motifs is 1. The lowest BCUT2D eigenvalue weighted by molar-refractivity contribution is 0.206. The van der Waals surface area contributed by atoms with Gasteiger partial charge in [-0.25, -0.2) is 9.18 Å². The third-order valence-electron chi connectivity index (χ3n) is 5.37. The molecule has 0 aliphatic heterocycles. The molecule has 0 unspecified atom stereocenters. The first-order valence-corrected chi connectivity index (χ1v) is 10.5. The number of nitrogens with zero attached hydrogens (tertiary/aromatic N) is 1. The number of halogens is 1. The van der Waals surface area contributed by atoms with E-state index in [9.17, 15) is 14.0 Å². The highest BCUT2D eigenvalue weighted by Gasteiger charge is 2.18. The summed E-state index contributed by atoms with van der Waals surface area (Å²) in [4.78, 5) is 30.2. The van der Waals surface area contributed by atoms with Crippen LogP contribution in [-0.2, 0) is 13.1 Å². The second-order valence-electron chi connectivity index (χ2n) is 7.83. The summed E-state index contributed by atoms with van der Waals surface area (Å²) >= 11 is 0. The zero-order valence-electron chi connectivity index (χ0n) is 18.4. The van der Waals surface area contributed by atoms with Gasteiger partial charge in [0.1, 0.15) is 11.6 Å². The molecule has 2 N–H and O–H groups in total. The van der Waals surface area contributed by atoms with Crippen molar-refractivity contribution in [3.05, 3.63) is 106 Å². The maximum Gasteiger partial charge on any atom is 0.322 e. The number of anilines is 1. The number of ether oxygens (including phenoxy) is 1. The number of hydrogen-bond acceptors (Lipinski definition) is 3. The van der Waals surface area contributed by atoms with Crippen LogP contribution in [0.3, 0.4) is 0 Å². The van der Waals surface area contributed by atoms with E-state index < -0.39 is 11.8 Å². The van der Waals surface area contributed by atoms with Gasteiger partial charge in [-0.15, -0.1) is 0 Å². The molecule has 0 saturated heterocycles. The molecule has 0 aliphatic rings. The Bertz CT molecular complexity index is 1350. The van der Waals surface area contributed by atoms with Crippen molar-refractivity contribution >= 4 is 22.6 Å². The zero-order chi connectivity index (χ0) is 23.4. The van der Waals surface area contributed by atoms with Crippen molar-refractivity contribution in [3.63, 3.8) is 0 Å². The predicted octanol–water partition coefficient (Wildman–Crippen LogP) is 5.22. The standard InChI is InChI=1S/C26H24FN3O3/c1-17-7-12-23-19(13-17)14-20(25(31)28-23)16-30(15-18-8-10-21(33-2)11-9-18)26(32)29-24-6-4-3-5-22(24)27/h3-14H,15-16H2,1-2H3,(H,28,31)(H,29,32). The normalized spacial score (nSPS) is 10.8. The van der Waals surface area contributed by atoms with E-state index in [1.54, 1.807) is 37.4 Å². The number of para-hydroxylation sites is 1. The lowest BCUT2D eigenvalue weighted by Gasteiger charge is -2.23. The van der Waals surface area contributed by atoms with Crippen LogP contribution in [0.15, 0.2) is 77.6 Å². The number of H-pyrrole nitrogens is 1. The van der Waals surface area contributed by atoms with Crippen LogP contribution in [0.25, 0.3) is 10.9 Å². The maximum atomic E-state index is 14.1. The zero-order valence-corrected chi connectivity index (χ0v) is 18.4. The van der Waals surface area contributed by atoms with Crippen molar-refractivity contribution in [1.82, 2.24) is 9.88 Å². The fraction of sp³-hybridized carbons (Fsp3) is 0.154. The molecule has 0 aliphatic carbocycles. The maximum absolute atomic E-state index is 14.1. The highest BCUT2D eigenvalue weighted by molar-refractivity contribution is 5.89. The molecule has 4 aromatic rings. The molecule has 2 amide bonds. The molecule has 1 heterocycles. The number of pyridine rings is 1. The highest BCUT2D eigenvalue weighted by atomic mass is 19.1. The summed E-state index contributed by atoms with van der Waals surface area (Å²) < 4.78 is 19.3. The van der Waals surface area contributed by atoms with E-state index in [1.807, 2.05) is 37.3 Å². The average Bonchev–Trinajstić information content (AvgIpc) is 2.81. The Labute approximate surface area is 190 Å². The topological polar surface area (TPSA) is 74.4 Å². The smallest absolute Gasteiger partial charge is 0.322 e. The van der Waals surface area contributed by atoms with E-state index in [1.165, 1.54) is 17.0 Å². The molecule has 33 heavy (non-hydrogen) atoms. The van der Waals surface area contributed by atoms with Gasteiger partial charge in [0.2, 0.25) is 0 Å². The van der Waals surface area contributed by atoms with Gasteiger partial charge in [-0.1, -0.05) is 35.9 Å². The molecule has 0 bridgehead atoms. The summed E-state index contributed by atoms with van der Waals surface area (Å²) in [5, 5.41) is 3.49. The van der Waals surface area contributed by atoms with E-state index in [0.29, 0.717) is 11.3 Å². The number of amides is 2. The molecule has 3 aromatic carbocycles. The number of aromatic amines is 1. The molecule has 0 radical (unpaired) electrons. The molecule has 1 aromatic heterocycles. The summed E-state index contributed by atoms with van der Waals surface area (Å²) in [6, 6.07) is 20.3. The Hall–Kier alpha value is -4.13. The van der Waals surface area contributed by atoms with E-state index >= 15 is 0 Å². The lowest BCUT2D eigenvalue weighted by atomic mass is 10.1. The van der Waals surface area contributed by atoms with Crippen LogP contribution in [0.2, 0.25) is 0 Å². The number of aryl methyl sites for hydroxylation is 1. The Morgan fingerprint density at radius 3 is 2.52 bits per heavy atom. The highest BCUT2D eigenvalue weighted by Crippen LogP contribution is 2.19. The number of urea groups is 1. The SMILES string of the molecule is COc1ccc(CN(Cc2cc3cc(C)ccc3[nH]c2=O)C(=O)Nc2ccccc2F)cc1. The first-order chi connectivity index (χ1) is 15.9. The first kappa shape index (κ1) is 22.1. The van der Waals surface area contributed by atoms with Crippen LogP contribution in [0.4, 0.5) is 14.9 Å². The van der Waals surface area contributed by atoms with Gasteiger partial charge in [-0.3, -0.25) is 4.79 Å². The molecule has 4 rings (SSSR count). The fourth-order valence-electron chi connectivity index (χ4n) is 3.60. The van der Waals surface area contributed by atoms with Crippen LogP contribution in [0.1, 0.15) is 16.7 Å². The van der Waals surface area contributed by atoms with E-state index in [0.717, 1.165) is 22.0 Å². The van der Waals surface area contributed by atoms with Gasteiger partial charge < -0.3 is 19.9 Å². The average molecular weight is 445 g/mol. The van der Waals surface area contributed by atoms with Gasteiger partial charge in [0.05, 0.1) is 19.3 Å². The molecule has 0 atom stereocenters. The number of methoxy groups -OCH3 is 1. The van der Waals surface area contributed by atoms with Crippen LogP contribution < -0.4 is 15.6 Å². The van der Waals surface area contributed by atoms with E-state index in [4.69, 9.17) is 4.74 Å². The Morgan fingerprint density at radius 1 is 1.03 bits per heavy atom. The van der Waals surface area contributed by atoms with Gasteiger partial charge in [0.25, 0.3) is 5.56 Å². The number of nitrogens with one attached hydrogen (secondary N) is 2. The fourth-order valence-corrected chi connectivity index (χ4v) is 3.60.